The SMILES string of the molecule is COc1ccc(OC)c([C@@H]2NC(=O)c3c(sc4c3CC[C@@H](C)C4)N2)c1. The van der Waals surface area contributed by atoms with Crippen LogP contribution in [0.5, 0.6) is 11.5 Å². The van der Waals surface area contributed by atoms with E-state index >= 15 is 0 Å². The molecule has 25 heavy (non-hydrogen) atoms. The fourth-order valence-corrected chi connectivity index (χ4v) is 5.12. The predicted octanol–water partition coefficient (Wildman–Crippen LogP) is 3.74. The van der Waals surface area contributed by atoms with Crippen LogP contribution < -0.4 is 20.1 Å². The number of benzene rings is 1. The van der Waals surface area contributed by atoms with E-state index in [9.17, 15) is 4.79 Å². The molecule has 0 bridgehead atoms. The summed E-state index contributed by atoms with van der Waals surface area (Å²) in [6, 6.07) is 5.61. The molecule has 0 saturated carbocycles. The molecule has 0 saturated heterocycles. The van der Waals surface area contributed by atoms with Gasteiger partial charge < -0.3 is 20.1 Å². The summed E-state index contributed by atoms with van der Waals surface area (Å²) in [5.41, 5.74) is 2.93. The highest BCUT2D eigenvalue weighted by molar-refractivity contribution is 7.16. The minimum absolute atomic E-state index is 0.00400. The van der Waals surface area contributed by atoms with Crippen molar-refractivity contribution in [2.75, 3.05) is 19.5 Å². The molecule has 2 aliphatic rings. The number of methoxy groups -OCH3 is 2. The lowest BCUT2D eigenvalue weighted by molar-refractivity contribution is 0.0934. The Kier molecular flexibility index (Phi) is 4.07. The van der Waals surface area contributed by atoms with E-state index in [0.29, 0.717) is 5.92 Å². The van der Waals surface area contributed by atoms with Crippen molar-refractivity contribution >= 4 is 22.2 Å². The van der Waals surface area contributed by atoms with Crippen LogP contribution in [0.15, 0.2) is 18.2 Å². The zero-order valence-electron chi connectivity index (χ0n) is 14.6. The first-order valence-electron chi connectivity index (χ1n) is 8.54. The first kappa shape index (κ1) is 16.3. The summed E-state index contributed by atoms with van der Waals surface area (Å²) in [4.78, 5) is 14.2. The Hall–Kier alpha value is -2.21. The predicted molar refractivity (Wildman–Crippen MR) is 98.9 cm³/mol. The van der Waals surface area contributed by atoms with E-state index in [1.54, 1.807) is 25.6 Å². The van der Waals surface area contributed by atoms with Gasteiger partial charge in [-0.15, -0.1) is 11.3 Å². The minimum atomic E-state index is -0.331. The van der Waals surface area contributed by atoms with Crippen molar-refractivity contribution in [3.05, 3.63) is 39.8 Å². The summed E-state index contributed by atoms with van der Waals surface area (Å²) in [5, 5.41) is 7.55. The van der Waals surface area contributed by atoms with Crippen LogP contribution in [-0.4, -0.2) is 20.1 Å². The first-order chi connectivity index (χ1) is 12.1. The van der Waals surface area contributed by atoms with Crippen LogP contribution in [0.4, 0.5) is 5.00 Å². The molecule has 6 heteroatoms. The van der Waals surface area contributed by atoms with Crippen LogP contribution in [0.3, 0.4) is 0 Å². The van der Waals surface area contributed by atoms with Gasteiger partial charge in [-0.2, -0.15) is 0 Å². The fraction of sp³-hybridized carbons (Fsp3) is 0.421. The van der Waals surface area contributed by atoms with Gasteiger partial charge in [0.25, 0.3) is 5.91 Å². The molecule has 0 unspecified atom stereocenters. The summed E-state index contributed by atoms with van der Waals surface area (Å²) in [5.74, 6) is 2.13. The van der Waals surface area contributed by atoms with Gasteiger partial charge in [0.15, 0.2) is 0 Å². The van der Waals surface area contributed by atoms with Gasteiger partial charge in [-0.3, -0.25) is 4.79 Å². The summed E-state index contributed by atoms with van der Waals surface area (Å²) >= 11 is 1.72. The number of ether oxygens (including phenoxy) is 2. The number of hydrogen-bond acceptors (Lipinski definition) is 5. The average molecular weight is 358 g/mol. The van der Waals surface area contributed by atoms with E-state index in [1.807, 2.05) is 18.2 Å². The van der Waals surface area contributed by atoms with Crippen molar-refractivity contribution < 1.29 is 14.3 Å². The molecule has 2 N–H and O–H groups in total. The Morgan fingerprint density at radius 3 is 2.80 bits per heavy atom. The number of anilines is 1. The minimum Gasteiger partial charge on any atom is -0.497 e. The largest absolute Gasteiger partial charge is 0.497 e. The zero-order chi connectivity index (χ0) is 17.6. The quantitative estimate of drug-likeness (QED) is 0.877. The van der Waals surface area contributed by atoms with Crippen LogP contribution in [0.1, 0.15) is 45.9 Å². The third-order valence-corrected chi connectivity index (χ3v) is 6.22. The number of thiophene rings is 1. The highest BCUT2D eigenvalue weighted by Gasteiger charge is 2.34. The summed E-state index contributed by atoms with van der Waals surface area (Å²) < 4.78 is 10.8. The maximum Gasteiger partial charge on any atom is 0.256 e. The summed E-state index contributed by atoms with van der Waals surface area (Å²) in [7, 11) is 3.26. The maximum absolute atomic E-state index is 12.8. The molecule has 4 rings (SSSR count). The van der Waals surface area contributed by atoms with Crippen molar-refractivity contribution in [2.24, 2.45) is 5.92 Å². The summed E-state index contributed by atoms with van der Waals surface area (Å²) in [6.45, 7) is 2.28. The molecule has 1 amide bonds. The number of fused-ring (bicyclic) bond motifs is 3. The number of carbonyl (C=O) groups is 1. The number of nitrogens with one attached hydrogen (secondary N) is 2. The van der Waals surface area contributed by atoms with Gasteiger partial charge in [-0.1, -0.05) is 6.92 Å². The van der Waals surface area contributed by atoms with Gasteiger partial charge >= 0.3 is 0 Å². The van der Waals surface area contributed by atoms with Crippen molar-refractivity contribution in [2.45, 2.75) is 32.4 Å². The first-order valence-corrected chi connectivity index (χ1v) is 9.36. The normalized spacial score (nSPS) is 21.6. The van der Waals surface area contributed by atoms with Gasteiger partial charge in [-0.05, 0) is 48.9 Å². The van der Waals surface area contributed by atoms with Crippen LogP contribution in [0.25, 0.3) is 0 Å². The van der Waals surface area contributed by atoms with Gasteiger partial charge in [0.2, 0.25) is 0 Å². The molecular weight excluding hydrogens is 336 g/mol. The number of rotatable bonds is 3. The molecule has 0 fully saturated rings. The molecule has 0 radical (unpaired) electrons. The Balaban J connectivity index is 1.72. The topological polar surface area (TPSA) is 59.6 Å². The molecule has 0 spiro atoms. The average Bonchev–Trinajstić information content (AvgIpc) is 2.98. The highest BCUT2D eigenvalue weighted by atomic mass is 32.1. The van der Waals surface area contributed by atoms with Crippen LogP contribution in [0.2, 0.25) is 0 Å². The Morgan fingerprint density at radius 1 is 1.20 bits per heavy atom. The fourth-order valence-electron chi connectivity index (χ4n) is 3.68. The second-order valence-electron chi connectivity index (χ2n) is 6.71. The molecule has 1 aliphatic carbocycles. The Morgan fingerprint density at radius 2 is 2.04 bits per heavy atom. The Bertz CT molecular complexity index is 830. The van der Waals surface area contributed by atoms with E-state index in [-0.39, 0.29) is 12.1 Å². The van der Waals surface area contributed by atoms with Crippen LogP contribution in [-0.2, 0) is 12.8 Å². The monoisotopic (exact) mass is 358 g/mol. The highest BCUT2D eigenvalue weighted by Crippen LogP contribution is 2.43. The van der Waals surface area contributed by atoms with Crippen molar-refractivity contribution in [1.29, 1.82) is 0 Å². The molecule has 1 aliphatic heterocycles. The third-order valence-electron chi connectivity index (χ3n) is 5.04. The Labute approximate surface area is 151 Å². The third kappa shape index (κ3) is 2.74. The molecular formula is C19H22N2O3S. The van der Waals surface area contributed by atoms with Crippen LogP contribution >= 0.6 is 11.3 Å². The molecule has 2 heterocycles. The molecule has 5 nitrogen and oxygen atoms in total. The van der Waals surface area contributed by atoms with E-state index in [4.69, 9.17) is 9.47 Å². The molecule has 2 atom stereocenters. The van der Waals surface area contributed by atoms with Gasteiger partial charge in [0.1, 0.15) is 22.7 Å². The second-order valence-corrected chi connectivity index (χ2v) is 7.82. The van der Waals surface area contributed by atoms with Crippen molar-refractivity contribution in [3.63, 3.8) is 0 Å². The van der Waals surface area contributed by atoms with Crippen molar-refractivity contribution in [3.8, 4) is 11.5 Å². The van der Waals surface area contributed by atoms with Gasteiger partial charge in [0.05, 0.1) is 19.8 Å². The number of hydrogen-bond donors (Lipinski definition) is 2. The van der Waals surface area contributed by atoms with E-state index < -0.39 is 0 Å². The maximum atomic E-state index is 12.8. The van der Waals surface area contributed by atoms with E-state index in [2.05, 4.69) is 17.6 Å². The van der Waals surface area contributed by atoms with E-state index in [0.717, 1.165) is 46.9 Å². The summed E-state index contributed by atoms with van der Waals surface area (Å²) in [6.07, 6.45) is 2.87. The lowest BCUT2D eigenvalue weighted by atomic mass is 9.88. The molecule has 132 valence electrons. The zero-order valence-corrected chi connectivity index (χ0v) is 15.5. The second kappa shape index (κ2) is 6.26. The number of carbonyl (C=O) groups excluding carboxylic acids is 1. The van der Waals surface area contributed by atoms with Crippen molar-refractivity contribution in [1.82, 2.24) is 5.32 Å². The van der Waals surface area contributed by atoms with Crippen LogP contribution in [0, 0.1) is 5.92 Å². The van der Waals surface area contributed by atoms with Gasteiger partial charge in [-0.25, -0.2) is 0 Å². The molecule has 1 aromatic heterocycles. The van der Waals surface area contributed by atoms with Gasteiger partial charge in [0, 0.05) is 10.4 Å². The van der Waals surface area contributed by atoms with E-state index in [1.165, 1.54) is 10.4 Å². The molecule has 2 aromatic rings. The molecule has 1 aromatic carbocycles. The lowest BCUT2D eigenvalue weighted by Crippen LogP contribution is -2.38. The smallest absolute Gasteiger partial charge is 0.256 e. The standard InChI is InChI=1S/C19H22N2O3S/c1-10-4-6-12-15(8-10)25-19-16(12)18(22)20-17(21-19)13-9-11(23-2)5-7-14(13)24-3/h5,7,9-10,17,21H,4,6,8H2,1-3H3,(H,20,22)/t10-,17-/m1/s1. The lowest BCUT2D eigenvalue weighted by Gasteiger charge is -2.28. The number of amides is 1.